The summed E-state index contributed by atoms with van der Waals surface area (Å²) in [6.45, 7) is 12.6. The summed E-state index contributed by atoms with van der Waals surface area (Å²) in [5, 5.41) is 2.80. The molecule has 0 unspecified atom stereocenters. The monoisotopic (exact) mass is 635 g/mol. The average molecular weight is 636 g/mol. The van der Waals surface area contributed by atoms with Crippen LogP contribution in [0.1, 0.15) is 91.0 Å². The molecular weight excluding hydrogens is 578 g/mol. The third-order valence-corrected chi connectivity index (χ3v) is 10.7. The Morgan fingerprint density at radius 2 is 1.48 bits per heavy atom. The molecule has 3 saturated heterocycles. The maximum Gasteiger partial charge on any atom is 0.312 e. The number of carbonyl (C=O) groups excluding carboxylic acids is 4. The summed E-state index contributed by atoms with van der Waals surface area (Å²) in [5.74, 6) is -0.362. The second-order valence-electron chi connectivity index (χ2n) is 15.3. The number of piperazine rings is 2. The summed E-state index contributed by atoms with van der Waals surface area (Å²) in [7, 11) is 0. The molecule has 3 aliphatic heterocycles. The zero-order chi connectivity index (χ0) is 32.8. The van der Waals surface area contributed by atoms with Crippen molar-refractivity contribution in [3.8, 4) is 0 Å². The fourth-order valence-corrected chi connectivity index (χ4v) is 8.44. The van der Waals surface area contributed by atoms with Gasteiger partial charge >= 0.3 is 23.6 Å². The standard InChI is InChI=1S/C37H57N5O4/c1-26(2)18-32(42-25-33(19-27(3)4)40(36(45)37(42)46)22-29-14-9-6-10-15-29)23-39-17-11-16-30(39)24-41-31(21-38-34(43)35(41)44)20-28-12-7-5-8-13-28/h5,7-8,12-13,26-27,29-33H,6,9-11,14-25H2,1-4H3,(H,38,43)/t30-,31+,32+,33+/m1/s1. The minimum Gasteiger partial charge on any atom is -0.346 e. The van der Waals surface area contributed by atoms with Gasteiger partial charge in [-0.15, -0.1) is 0 Å². The van der Waals surface area contributed by atoms with E-state index in [0.29, 0.717) is 56.9 Å². The molecule has 4 atom stereocenters. The van der Waals surface area contributed by atoms with Gasteiger partial charge in [0.15, 0.2) is 0 Å². The van der Waals surface area contributed by atoms with E-state index in [2.05, 4.69) is 50.0 Å². The third kappa shape index (κ3) is 8.50. The van der Waals surface area contributed by atoms with Crippen molar-refractivity contribution < 1.29 is 19.2 Å². The van der Waals surface area contributed by atoms with Gasteiger partial charge in [-0.3, -0.25) is 24.1 Å². The van der Waals surface area contributed by atoms with E-state index in [1.165, 1.54) is 19.3 Å². The molecule has 3 heterocycles. The molecule has 0 radical (unpaired) electrons. The van der Waals surface area contributed by atoms with Crippen LogP contribution in [0.4, 0.5) is 0 Å². The molecule has 4 amide bonds. The highest BCUT2D eigenvalue weighted by molar-refractivity contribution is 6.36. The number of rotatable bonds is 13. The highest BCUT2D eigenvalue weighted by atomic mass is 16.2. The molecule has 1 aromatic carbocycles. The number of likely N-dealkylation sites (tertiary alicyclic amines) is 1. The van der Waals surface area contributed by atoms with E-state index < -0.39 is 11.8 Å². The maximum atomic E-state index is 13.9. The van der Waals surface area contributed by atoms with Crippen molar-refractivity contribution in [3.05, 3.63) is 35.9 Å². The zero-order valence-corrected chi connectivity index (χ0v) is 28.7. The number of carbonyl (C=O) groups is 4. The van der Waals surface area contributed by atoms with Crippen LogP contribution in [0.2, 0.25) is 0 Å². The Morgan fingerprint density at radius 3 is 2.17 bits per heavy atom. The predicted octanol–water partition coefficient (Wildman–Crippen LogP) is 4.10. The lowest BCUT2D eigenvalue weighted by Crippen LogP contribution is -2.64. The van der Waals surface area contributed by atoms with E-state index in [-0.39, 0.29) is 36.0 Å². The van der Waals surface area contributed by atoms with E-state index >= 15 is 0 Å². The molecule has 9 nitrogen and oxygen atoms in total. The van der Waals surface area contributed by atoms with Gasteiger partial charge in [-0.2, -0.15) is 0 Å². The normalized spacial score (nSPS) is 26.0. The Balaban J connectivity index is 1.31. The molecule has 5 rings (SSSR count). The Morgan fingerprint density at radius 1 is 0.761 bits per heavy atom. The van der Waals surface area contributed by atoms with Crippen molar-refractivity contribution in [2.45, 2.75) is 116 Å². The first-order chi connectivity index (χ1) is 22.1. The van der Waals surface area contributed by atoms with Gasteiger partial charge in [0, 0.05) is 44.8 Å². The first kappa shape index (κ1) is 34.4. The summed E-state index contributed by atoms with van der Waals surface area (Å²) in [4.78, 5) is 61.6. The van der Waals surface area contributed by atoms with Gasteiger partial charge in [0.05, 0.1) is 12.1 Å². The first-order valence-electron chi connectivity index (χ1n) is 18.1. The van der Waals surface area contributed by atoms with Crippen LogP contribution < -0.4 is 5.32 Å². The van der Waals surface area contributed by atoms with Gasteiger partial charge < -0.3 is 20.0 Å². The smallest absolute Gasteiger partial charge is 0.312 e. The van der Waals surface area contributed by atoms with Gasteiger partial charge in [0.1, 0.15) is 0 Å². The molecule has 1 N–H and O–H groups in total. The fraction of sp³-hybridized carbons (Fsp3) is 0.730. The van der Waals surface area contributed by atoms with Gasteiger partial charge in [-0.05, 0) is 74.8 Å². The van der Waals surface area contributed by atoms with Crippen LogP contribution in [-0.4, -0.2) is 107 Å². The van der Waals surface area contributed by atoms with Crippen LogP contribution >= 0.6 is 0 Å². The SMILES string of the molecule is CC(C)C[C@H]1CN([C@@H](CC(C)C)CN2CCC[C@@H]2CN2C(=O)C(=O)NC[C@@H]2Cc2ccccc2)C(=O)C(=O)N1CC1CCCCC1. The van der Waals surface area contributed by atoms with Gasteiger partial charge in [0.2, 0.25) is 0 Å². The lowest BCUT2D eigenvalue weighted by molar-refractivity contribution is -0.162. The molecule has 0 bridgehead atoms. The quantitative estimate of drug-likeness (QED) is 0.330. The summed E-state index contributed by atoms with van der Waals surface area (Å²) in [6.07, 6.45) is 10.4. The van der Waals surface area contributed by atoms with E-state index in [0.717, 1.165) is 50.6 Å². The molecule has 4 fully saturated rings. The number of amides is 4. The first-order valence-corrected chi connectivity index (χ1v) is 18.1. The highest BCUT2D eigenvalue weighted by Gasteiger charge is 2.44. The average Bonchev–Trinajstić information content (AvgIpc) is 3.47. The molecule has 1 aromatic rings. The van der Waals surface area contributed by atoms with Crippen molar-refractivity contribution in [3.63, 3.8) is 0 Å². The number of hydrogen-bond acceptors (Lipinski definition) is 5. The highest BCUT2D eigenvalue weighted by Crippen LogP contribution is 2.30. The topological polar surface area (TPSA) is 93.3 Å². The van der Waals surface area contributed by atoms with Crippen LogP contribution in [0.15, 0.2) is 30.3 Å². The number of hydrogen-bond donors (Lipinski definition) is 1. The predicted molar refractivity (Wildman–Crippen MR) is 180 cm³/mol. The second-order valence-corrected chi connectivity index (χ2v) is 15.3. The Labute approximate surface area is 276 Å². The minimum atomic E-state index is -0.530. The second kappa shape index (κ2) is 15.8. The zero-order valence-electron chi connectivity index (χ0n) is 28.7. The van der Waals surface area contributed by atoms with Crippen molar-refractivity contribution in [2.75, 3.05) is 39.3 Å². The van der Waals surface area contributed by atoms with E-state index in [1.54, 1.807) is 4.90 Å². The number of nitrogens with zero attached hydrogens (tertiary/aromatic N) is 4. The molecule has 254 valence electrons. The minimum absolute atomic E-state index is 0.0411. The molecule has 4 aliphatic rings. The molecule has 9 heteroatoms. The van der Waals surface area contributed by atoms with Crippen molar-refractivity contribution in [1.29, 1.82) is 0 Å². The van der Waals surface area contributed by atoms with Crippen molar-refractivity contribution in [2.24, 2.45) is 17.8 Å². The molecule has 46 heavy (non-hydrogen) atoms. The third-order valence-electron chi connectivity index (χ3n) is 10.7. The molecular formula is C37H57N5O4. The largest absolute Gasteiger partial charge is 0.346 e. The molecule has 0 spiro atoms. The van der Waals surface area contributed by atoms with E-state index in [4.69, 9.17) is 0 Å². The summed E-state index contributed by atoms with van der Waals surface area (Å²) in [5.41, 5.74) is 1.14. The number of benzene rings is 1. The molecule has 1 aliphatic carbocycles. The Hall–Kier alpha value is -2.94. The summed E-state index contributed by atoms with van der Waals surface area (Å²) >= 11 is 0. The van der Waals surface area contributed by atoms with Crippen molar-refractivity contribution >= 4 is 23.6 Å². The van der Waals surface area contributed by atoms with Gasteiger partial charge in [-0.1, -0.05) is 77.3 Å². The van der Waals surface area contributed by atoms with Crippen LogP contribution in [-0.2, 0) is 25.6 Å². The lowest BCUT2D eigenvalue weighted by atomic mass is 9.87. The Kier molecular flexibility index (Phi) is 11.8. The van der Waals surface area contributed by atoms with Crippen LogP contribution in [0.5, 0.6) is 0 Å². The van der Waals surface area contributed by atoms with Crippen molar-refractivity contribution in [1.82, 2.24) is 24.9 Å². The van der Waals surface area contributed by atoms with E-state index in [9.17, 15) is 19.2 Å². The fourth-order valence-electron chi connectivity index (χ4n) is 8.44. The van der Waals surface area contributed by atoms with Gasteiger partial charge in [-0.25, -0.2) is 0 Å². The number of nitrogens with one attached hydrogen (secondary N) is 1. The Bertz CT molecular complexity index is 1200. The molecule has 0 aromatic heterocycles. The summed E-state index contributed by atoms with van der Waals surface area (Å²) in [6, 6.07) is 10.1. The van der Waals surface area contributed by atoms with Crippen LogP contribution in [0.25, 0.3) is 0 Å². The summed E-state index contributed by atoms with van der Waals surface area (Å²) < 4.78 is 0. The van der Waals surface area contributed by atoms with Crippen LogP contribution in [0, 0.1) is 17.8 Å². The van der Waals surface area contributed by atoms with Gasteiger partial charge in [0.25, 0.3) is 0 Å². The lowest BCUT2D eigenvalue weighted by Gasteiger charge is -2.47. The maximum absolute atomic E-state index is 13.9. The molecule has 1 saturated carbocycles. The van der Waals surface area contributed by atoms with E-state index in [1.807, 2.05) is 28.0 Å². The van der Waals surface area contributed by atoms with Crippen LogP contribution in [0.3, 0.4) is 0 Å².